The first-order valence-corrected chi connectivity index (χ1v) is 10.3. The summed E-state index contributed by atoms with van der Waals surface area (Å²) in [6.45, 7) is 1.42. The Hall–Kier alpha value is -0.690. The SMILES string of the molecule is C[C@]12CC[C@H]3[C@@H](CCC4=C(Cl)C(=O)CC[C@@H]43)[C@@H]1CC[C@@]2(O)C(F)(F)C(F)(F)F. The maximum absolute atomic E-state index is 14.4. The number of ketones is 1. The Morgan fingerprint density at radius 1 is 1.00 bits per heavy atom. The van der Waals surface area contributed by atoms with E-state index in [-0.39, 0.29) is 42.3 Å². The van der Waals surface area contributed by atoms with Crippen molar-refractivity contribution < 1.29 is 31.9 Å². The minimum Gasteiger partial charge on any atom is -0.383 e. The summed E-state index contributed by atoms with van der Waals surface area (Å²) in [4.78, 5) is 11.9. The van der Waals surface area contributed by atoms with Crippen molar-refractivity contribution in [3.63, 3.8) is 0 Å². The fourth-order valence-electron chi connectivity index (χ4n) is 7.00. The summed E-state index contributed by atoms with van der Waals surface area (Å²) in [5.41, 5.74) is -3.62. The molecule has 6 atom stereocenters. The Bertz CT molecular complexity index is 733. The average molecular weight is 427 g/mol. The smallest absolute Gasteiger partial charge is 0.383 e. The second-order valence-electron chi connectivity index (χ2n) is 9.31. The van der Waals surface area contributed by atoms with Crippen molar-refractivity contribution in [3.8, 4) is 0 Å². The van der Waals surface area contributed by atoms with E-state index in [4.69, 9.17) is 11.6 Å². The van der Waals surface area contributed by atoms with Crippen LogP contribution in [0.3, 0.4) is 0 Å². The molecule has 0 spiro atoms. The molecule has 3 fully saturated rings. The molecule has 2 nitrogen and oxygen atoms in total. The van der Waals surface area contributed by atoms with Crippen molar-refractivity contribution >= 4 is 17.4 Å². The summed E-state index contributed by atoms with van der Waals surface area (Å²) in [5, 5.41) is 11.1. The lowest BCUT2D eigenvalue weighted by atomic mass is 9.50. The van der Waals surface area contributed by atoms with Crippen molar-refractivity contribution in [2.24, 2.45) is 29.1 Å². The van der Waals surface area contributed by atoms with E-state index in [1.165, 1.54) is 6.92 Å². The molecule has 8 heteroatoms. The molecule has 0 aromatic heterocycles. The fraction of sp³-hybridized carbons (Fsp3) is 0.850. The molecule has 0 amide bonds. The van der Waals surface area contributed by atoms with Crippen molar-refractivity contribution in [1.82, 2.24) is 0 Å². The molecule has 0 aromatic carbocycles. The number of hydrogen-bond acceptors (Lipinski definition) is 2. The Morgan fingerprint density at radius 2 is 1.68 bits per heavy atom. The summed E-state index contributed by atoms with van der Waals surface area (Å²) in [6, 6.07) is 0. The van der Waals surface area contributed by atoms with Crippen LogP contribution in [0.4, 0.5) is 22.0 Å². The summed E-state index contributed by atoms with van der Waals surface area (Å²) < 4.78 is 68.2. The van der Waals surface area contributed by atoms with Gasteiger partial charge in [-0.2, -0.15) is 22.0 Å². The largest absolute Gasteiger partial charge is 0.456 e. The van der Waals surface area contributed by atoms with E-state index in [2.05, 4.69) is 0 Å². The van der Waals surface area contributed by atoms with Crippen LogP contribution in [0, 0.1) is 29.1 Å². The first-order chi connectivity index (χ1) is 12.8. The highest BCUT2D eigenvalue weighted by molar-refractivity contribution is 6.43. The van der Waals surface area contributed by atoms with Crippen LogP contribution in [0.1, 0.15) is 58.3 Å². The molecule has 1 N–H and O–H groups in total. The van der Waals surface area contributed by atoms with Gasteiger partial charge in [-0.3, -0.25) is 4.79 Å². The van der Waals surface area contributed by atoms with Gasteiger partial charge in [-0.1, -0.05) is 18.5 Å². The molecule has 0 unspecified atom stereocenters. The summed E-state index contributed by atoms with van der Waals surface area (Å²) in [6.07, 6.45) is -3.35. The van der Waals surface area contributed by atoms with Gasteiger partial charge in [-0.25, -0.2) is 0 Å². The maximum Gasteiger partial charge on any atom is 0.456 e. The van der Waals surface area contributed by atoms with E-state index >= 15 is 0 Å². The number of allylic oxidation sites excluding steroid dienone is 1. The van der Waals surface area contributed by atoms with Crippen molar-refractivity contribution in [3.05, 3.63) is 10.6 Å². The molecule has 0 saturated heterocycles. The highest BCUT2D eigenvalue weighted by Crippen LogP contribution is 2.69. The molecule has 4 aliphatic carbocycles. The molecule has 0 aliphatic heterocycles. The standard InChI is InChI=1S/C20H24ClF5O2/c1-17-8-6-11-10-4-5-15(27)16(21)13(10)3-2-12(11)14(17)7-9-18(17,28)19(22,23)20(24,25)26/h10-12,14,28H,2-9H2,1H3/t10-,11-,12-,14+,17+,18+/m1/s1. The van der Waals surface area contributed by atoms with Crippen LogP contribution < -0.4 is 0 Å². The molecule has 4 aliphatic rings. The second-order valence-corrected chi connectivity index (χ2v) is 9.69. The highest BCUT2D eigenvalue weighted by atomic mass is 35.5. The number of fused-ring (bicyclic) bond motifs is 5. The third-order valence-electron chi connectivity index (χ3n) is 8.44. The quantitative estimate of drug-likeness (QED) is 0.552. The van der Waals surface area contributed by atoms with Crippen LogP contribution in [-0.4, -0.2) is 28.6 Å². The summed E-state index contributed by atoms with van der Waals surface area (Å²) in [7, 11) is 0. The monoisotopic (exact) mass is 426 g/mol. The van der Waals surface area contributed by atoms with Gasteiger partial charge in [-0.05, 0) is 74.2 Å². The molecular formula is C20H24ClF5O2. The van der Waals surface area contributed by atoms with E-state index < -0.39 is 29.5 Å². The number of halogens is 6. The lowest BCUT2D eigenvalue weighted by Gasteiger charge is -2.56. The van der Waals surface area contributed by atoms with Gasteiger partial charge in [0.25, 0.3) is 0 Å². The molecule has 3 saturated carbocycles. The van der Waals surface area contributed by atoms with E-state index in [1.54, 1.807) is 0 Å². The van der Waals surface area contributed by atoms with E-state index in [1.807, 2.05) is 0 Å². The zero-order chi connectivity index (χ0) is 20.7. The normalized spacial score (nSPS) is 44.2. The third kappa shape index (κ3) is 2.44. The maximum atomic E-state index is 14.4. The number of alkyl halides is 5. The van der Waals surface area contributed by atoms with Crippen molar-refractivity contribution in [1.29, 1.82) is 0 Å². The third-order valence-corrected chi connectivity index (χ3v) is 8.89. The number of aliphatic hydroxyl groups is 1. The number of rotatable bonds is 1. The first-order valence-electron chi connectivity index (χ1n) is 9.94. The topological polar surface area (TPSA) is 37.3 Å². The van der Waals surface area contributed by atoms with E-state index in [0.29, 0.717) is 37.1 Å². The van der Waals surface area contributed by atoms with Gasteiger partial charge in [0, 0.05) is 11.8 Å². The zero-order valence-corrected chi connectivity index (χ0v) is 16.3. The van der Waals surface area contributed by atoms with Crippen molar-refractivity contribution in [2.45, 2.75) is 76.0 Å². The number of Topliss-reactive ketones (excluding diaryl/α,β-unsaturated/α-hetero) is 1. The Morgan fingerprint density at radius 3 is 2.32 bits per heavy atom. The average Bonchev–Trinajstić information content (AvgIpc) is 2.90. The van der Waals surface area contributed by atoms with Crippen LogP contribution in [0.5, 0.6) is 0 Å². The number of hydrogen-bond donors (Lipinski definition) is 1. The van der Waals surface area contributed by atoms with Gasteiger partial charge >= 0.3 is 12.1 Å². The van der Waals surface area contributed by atoms with Gasteiger partial charge in [0.2, 0.25) is 0 Å². The van der Waals surface area contributed by atoms with Crippen LogP contribution in [0.2, 0.25) is 0 Å². The Balaban J connectivity index is 1.68. The highest BCUT2D eigenvalue weighted by Gasteiger charge is 2.78. The predicted octanol–water partition coefficient (Wildman–Crippen LogP) is 5.62. The summed E-state index contributed by atoms with van der Waals surface area (Å²) in [5.74, 6) is -5.38. The minimum absolute atomic E-state index is 0.0248. The Kier molecular flexibility index (Phi) is 4.53. The molecular weight excluding hydrogens is 403 g/mol. The van der Waals surface area contributed by atoms with Crippen molar-refractivity contribution in [2.75, 3.05) is 0 Å². The van der Waals surface area contributed by atoms with Gasteiger partial charge in [-0.15, -0.1) is 0 Å². The van der Waals surface area contributed by atoms with Gasteiger partial charge < -0.3 is 5.11 Å². The second kappa shape index (κ2) is 6.16. The molecule has 158 valence electrons. The number of carbonyl (C=O) groups excluding carboxylic acids is 1. The van der Waals surface area contributed by atoms with Gasteiger partial charge in [0.15, 0.2) is 5.78 Å². The van der Waals surface area contributed by atoms with Gasteiger partial charge in [0.1, 0.15) is 5.60 Å². The lowest BCUT2D eigenvalue weighted by Crippen LogP contribution is -2.65. The van der Waals surface area contributed by atoms with Crippen LogP contribution >= 0.6 is 11.6 Å². The van der Waals surface area contributed by atoms with Gasteiger partial charge in [0.05, 0.1) is 5.03 Å². The predicted molar refractivity (Wildman–Crippen MR) is 92.8 cm³/mol. The van der Waals surface area contributed by atoms with E-state index in [0.717, 1.165) is 5.57 Å². The molecule has 4 rings (SSSR count). The molecule has 28 heavy (non-hydrogen) atoms. The van der Waals surface area contributed by atoms with Crippen LogP contribution in [0.25, 0.3) is 0 Å². The minimum atomic E-state index is -5.78. The fourth-order valence-corrected chi connectivity index (χ4v) is 7.33. The molecule has 0 bridgehead atoms. The summed E-state index contributed by atoms with van der Waals surface area (Å²) >= 11 is 6.23. The van der Waals surface area contributed by atoms with Crippen LogP contribution in [-0.2, 0) is 4.79 Å². The Labute approximate surface area is 165 Å². The molecule has 0 heterocycles. The zero-order valence-electron chi connectivity index (χ0n) is 15.6. The molecule has 0 radical (unpaired) electrons. The lowest BCUT2D eigenvalue weighted by molar-refractivity contribution is -0.363. The van der Waals surface area contributed by atoms with E-state index in [9.17, 15) is 31.9 Å². The van der Waals surface area contributed by atoms with Crippen LogP contribution in [0.15, 0.2) is 10.6 Å². The first kappa shape index (κ1) is 20.6. The number of carbonyl (C=O) groups is 1. The molecule has 0 aromatic rings.